The second-order valence-corrected chi connectivity index (χ2v) is 2.08. The van der Waals surface area contributed by atoms with Crippen molar-refractivity contribution in [2.24, 2.45) is 4.99 Å². The molecule has 11 heavy (non-hydrogen) atoms. The van der Waals surface area contributed by atoms with E-state index in [1.807, 2.05) is 6.92 Å². The van der Waals surface area contributed by atoms with Gasteiger partial charge in [0, 0.05) is 13.1 Å². The molecule has 0 radical (unpaired) electrons. The van der Waals surface area contributed by atoms with E-state index in [2.05, 4.69) is 22.3 Å². The molecule has 0 saturated carbocycles. The summed E-state index contributed by atoms with van der Waals surface area (Å²) < 4.78 is 0. The van der Waals surface area contributed by atoms with E-state index in [1.54, 1.807) is 0 Å². The van der Waals surface area contributed by atoms with Crippen LogP contribution >= 0.6 is 0 Å². The number of likely N-dealkylation sites (N-methyl/N-ethyl adjacent to an activating group) is 1. The maximum atomic E-state index is 10.5. The summed E-state index contributed by atoms with van der Waals surface area (Å²) in [5.41, 5.74) is 0. The molecular weight excluding hydrogens is 142 g/mol. The minimum absolute atomic E-state index is 0.207. The Labute approximate surface area is 67.1 Å². The molecule has 0 aromatic carbocycles. The van der Waals surface area contributed by atoms with E-state index in [9.17, 15) is 4.79 Å². The number of hydrogen-bond donors (Lipinski definition) is 2. The molecule has 0 atom stereocenters. The molecule has 0 saturated heterocycles. The second kappa shape index (κ2) is 7.37. The van der Waals surface area contributed by atoms with E-state index in [4.69, 9.17) is 0 Å². The fourth-order valence-corrected chi connectivity index (χ4v) is 0.605. The number of carbonyl (C=O) groups excluding carboxylic acids is 1. The summed E-state index contributed by atoms with van der Waals surface area (Å²) in [5.74, 6) is -0.207. The van der Waals surface area contributed by atoms with Crippen LogP contribution in [0.15, 0.2) is 4.99 Å². The van der Waals surface area contributed by atoms with Gasteiger partial charge in [0.1, 0.15) is 0 Å². The van der Waals surface area contributed by atoms with Gasteiger partial charge in [-0.1, -0.05) is 6.92 Å². The van der Waals surface area contributed by atoms with Gasteiger partial charge in [0.05, 0.1) is 6.54 Å². The molecule has 64 valence electrons. The van der Waals surface area contributed by atoms with E-state index >= 15 is 0 Å². The van der Waals surface area contributed by atoms with Crippen LogP contribution in [0.1, 0.15) is 6.92 Å². The summed E-state index contributed by atoms with van der Waals surface area (Å²) in [6.45, 7) is 8.06. The lowest BCUT2D eigenvalue weighted by Gasteiger charge is -2.01. The van der Waals surface area contributed by atoms with Crippen molar-refractivity contribution in [2.45, 2.75) is 6.92 Å². The molecular formula is C7H15N3O. The first kappa shape index (κ1) is 10.3. The predicted octanol–water partition coefficient (Wildman–Crippen LogP) is -0.587. The van der Waals surface area contributed by atoms with Crippen LogP contribution in [0.3, 0.4) is 0 Å². The molecule has 2 N–H and O–H groups in total. The summed E-state index contributed by atoms with van der Waals surface area (Å²) >= 11 is 0. The average Bonchev–Trinajstić information content (AvgIpc) is 2.04. The minimum atomic E-state index is -0.207. The zero-order valence-electron chi connectivity index (χ0n) is 6.89. The monoisotopic (exact) mass is 157 g/mol. The van der Waals surface area contributed by atoms with E-state index in [0.717, 1.165) is 19.6 Å². The Kier molecular flexibility index (Phi) is 6.87. The highest BCUT2D eigenvalue weighted by Crippen LogP contribution is 1.67. The lowest BCUT2D eigenvalue weighted by molar-refractivity contribution is -0.116. The van der Waals surface area contributed by atoms with Gasteiger partial charge in [-0.05, 0) is 13.3 Å². The Morgan fingerprint density at radius 2 is 2.09 bits per heavy atom. The Morgan fingerprint density at radius 3 is 2.64 bits per heavy atom. The molecule has 0 heterocycles. The molecule has 0 rings (SSSR count). The van der Waals surface area contributed by atoms with Crippen molar-refractivity contribution in [3.05, 3.63) is 0 Å². The van der Waals surface area contributed by atoms with E-state index < -0.39 is 0 Å². The van der Waals surface area contributed by atoms with Crippen molar-refractivity contribution >= 4 is 12.6 Å². The second-order valence-electron chi connectivity index (χ2n) is 2.08. The zero-order chi connectivity index (χ0) is 8.53. The quantitative estimate of drug-likeness (QED) is 0.400. The molecule has 0 unspecified atom stereocenters. The van der Waals surface area contributed by atoms with Crippen molar-refractivity contribution in [3.8, 4) is 0 Å². The van der Waals surface area contributed by atoms with Gasteiger partial charge < -0.3 is 10.6 Å². The first-order valence-electron chi connectivity index (χ1n) is 3.72. The standard InChI is InChI=1S/C7H15N3O/c1-3-9-4-5-10-6-7(11)8-2/h9-10H,2-6H2,1H3. The first-order valence-corrected chi connectivity index (χ1v) is 3.72. The first-order chi connectivity index (χ1) is 5.31. The number of nitrogens with one attached hydrogen (secondary N) is 2. The summed E-state index contributed by atoms with van der Waals surface area (Å²) in [7, 11) is 0. The molecule has 0 aromatic heterocycles. The Bertz CT molecular complexity index is 125. The van der Waals surface area contributed by atoms with Gasteiger partial charge in [-0.2, -0.15) is 0 Å². The van der Waals surface area contributed by atoms with Crippen LogP contribution in [0.25, 0.3) is 0 Å². The third-order valence-electron chi connectivity index (χ3n) is 1.18. The van der Waals surface area contributed by atoms with Gasteiger partial charge in [0.15, 0.2) is 0 Å². The van der Waals surface area contributed by atoms with Crippen molar-refractivity contribution in [3.63, 3.8) is 0 Å². The lowest BCUT2D eigenvalue weighted by Crippen LogP contribution is -2.30. The number of amides is 1. The number of carbonyl (C=O) groups is 1. The highest BCUT2D eigenvalue weighted by molar-refractivity contribution is 5.82. The fraction of sp³-hybridized carbons (Fsp3) is 0.714. The maximum Gasteiger partial charge on any atom is 0.258 e. The summed E-state index contributed by atoms with van der Waals surface area (Å²) in [6.07, 6.45) is 0. The Balaban J connectivity index is 3.01. The zero-order valence-corrected chi connectivity index (χ0v) is 6.89. The molecule has 0 aromatic rings. The van der Waals surface area contributed by atoms with Gasteiger partial charge in [-0.15, -0.1) is 0 Å². The highest BCUT2D eigenvalue weighted by atomic mass is 16.1. The number of aliphatic imine (C=N–C) groups is 1. The smallest absolute Gasteiger partial charge is 0.258 e. The normalized spacial score (nSPS) is 9.55. The summed E-state index contributed by atoms with van der Waals surface area (Å²) in [4.78, 5) is 13.8. The third-order valence-corrected chi connectivity index (χ3v) is 1.18. The maximum absolute atomic E-state index is 10.5. The Morgan fingerprint density at radius 1 is 1.45 bits per heavy atom. The van der Waals surface area contributed by atoms with Gasteiger partial charge in [0.25, 0.3) is 5.91 Å². The molecule has 4 heteroatoms. The summed E-state index contributed by atoms with van der Waals surface area (Å²) in [5, 5.41) is 6.05. The molecule has 0 bridgehead atoms. The van der Waals surface area contributed by atoms with Gasteiger partial charge >= 0.3 is 0 Å². The Hall–Kier alpha value is -0.740. The van der Waals surface area contributed by atoms with Crippen molar-refractivity contribution in [1.82, 2.24) is 10.6 Å². The third kappa shape index (κ3) is 7.15. The van der Waals surface area contributed by atoms with Crippen molar-refractivity contribution in [2.75, 3.05) is 26.2 Å². The van der Waals surface area contributed by atoms with E-state index in [0.29, 0.717) is 0 Å². The van der Waals surface area contributed by atoms with Gasteiger partial charge in [-0.3, -0.25) is 4.79 Å². The molecule has 0 aliphatic rings. The van der Waals surface area contributed by atoms with Crippen LogP contribution in [0.4, 0.5) is 0 Å². The minimum Gasteiger partial charge on any atom is -0.316 e. The molecule has 0 spiro atoms. The van der Waals surface area contributed by atoms with Crippen LogP contribution in [-0.4, -0.2) is 38.8 Å². The van der Waals surface area contributed by atoms with Crippen molar-refractivity contribution < 1.29 is 4.79 Å². The number of hydrogen-bond acceptors (Lipinski definition) is 3. The van der Waals surface area contributed by atoms with Crippen LogP contribution in [0, 0.1) is 0 Å². The molecule has 1 amide bonds. The topological polar surface area (TPSA) is 53.5 Å². The SMILES string of the molecule is C=NC(=O)CNCCNCC. The van der Waals surface area contributed by atoms with E-state index in [-0.39, 0.29) is 12.5 Å². The van der Waals surface area contributed by atoms with Crippen LogP contribution < -0.4 is 10.6 Å². The summed E-state index contributed by atoms with van der Waals surface area (Å²) in [6, 6.07) is 0. The van der Waals surface area contributed by atoms with Crippen LogP contribution in [-0.2, 0) is 4.79 Å². The number of nitrogens with zero attached hydrogens (tertiary/aromatic N) is 1. The van der Waals surface area contributed by atoms with E-state index in [1.165, 1.54) is 0 Å². The largest absolute Gasteiger partial charge is 0.316 e. The van der Waals surface area contributed by atoms with Crippen LogP contribution in [0.2, 0.25) is 0 Å². The number of rotatable bonds is 6. The highest BCUT2D eigenvalue weighted by Gasteiger charge is 1.93. The fourth-order valence-electron chi connectivity index (χ4n) is 0.605. The molecule has 0 aliphatic carbocycles. The molecule has 0 fully saturated rings. The van der Waals surface area contributed by atoms with Crippen molar-refractivity contribution in [1.29, 1.82) is 0 Å². The van der Waals surface area contributed by atoms with Gasteiger partial charge in [-0.25, -0.2) is 4.99 Å². The average molecular weight is 157 g/mol. The van der Waals surface area contributed by atoms with Crippen LogP contribution in [0.5, 0.6) is 0 Å². The lowest BCUT2D eigenvalue weighted by atomic mass is 10.5. The van der Waals surface area contributed by atoms with Gasteiger partial charge in [0.2, 0.25) is 0 Å². The predicted molar refractivity (Wildman–Crippen MR) is 46.0 cm³/mol. The molecule has 4 nitrogen and oxygen atoms in total. The molecule has 0 aliphatic heterocycles.